The van der Waals surface area contributed by atoms with E-state index in [-0.39, 0.29) is 17.4 Å². The van der Waals surface area contributed by atoms with E-state index in [9.17, 15) is 14.4 Å². The van der Waals surface area contributed by atoms with Crippen LogP contribution in [0.1, 0.15) is 65.0 Å². The van der Waals surface area contributed by atoms with Crippen LogP contribution in [0.15, 0.2) is 125 Å². The summed E-state index contributed by atoms with van der Waals surface area (Å²) in [4.78, 5) is 45.0. The molecule has 0 radical (unpaired) electrons. The maximum Gasteiger partial charge on any atom is 0.335 e. The van der Waals surface area contributed by atoms with E-state index in [1.54, 1.807) is 12.1 Å². The molecule has 8 nitrogen and oxygen atoms in total. The second-order valence-electron chi connectivity index (χ2n) is 13.5. The van der Waals surface area contributed by atoms with E-state index < -0.39 is 17.8 Å². The molecule has 2 atom stereocenters. The molecule has 0 saturated carbocycles. The van der Waals surface area contributed by atoms with E-state index >= 15 is 0 Å². The number of benzene rings is 5. The average Bonchev–Trinajstić information content (AvgIpc) is 3.17. The molecule has 3 aliphatic rings. The van der Waals surface area contributed by atoms with E-state index in [1.165, 1.54) is 22.9 Å². The molecule has 0 aromatic heterocycles. The quantitative estimate of drug-likeness (QED) is 0.119. The van der Waals surface area contributed by atoms with Crippen LogP contribution in [0.3, 0.4) is 0 Å². The minimum atomic E-state index is -0.777. The van der Waals surface area contributed by atoms with Gasteiger partial charge in [0.2, 0.25) is 0 Å². The number of rotatable bonds is 9. The smallest absolute Gasteiger partial charge is 0.335 e. The van der Waals surface area contributed by atoms with E-state index in [0.717, 1.165) is 47.5 Å². The summed E-state index contributed by atoms with van der Waals surface area (Å²) in [6.07, 6.45) is 3.30. The Bertz CT molecular complexity index is 2150. The van der Waals surface area contributed by atoms with Crippen LogP contribution in [0.2, 0.25) is 0 Å². The zero-order valence-electron chi connectivity index (χ0n) is 29.3. The maximum absolute atomic E-state index is 14.4. The van der Waals surface area contributed by atoms with Crippen LogP contribution in [0.25, 0.3) is 6.08 Å². The first-order valence-electron chi connectivity index (χ1n) is 18.0. The summed E-state index contributed by atoms with van der Waals surface area (Å²) in [6, 6.07) is 37.3. The van der Waals surface area contributed by atoms with Gasteiger partial charge in [-0.15, -0.1) is 0 Å². The third-order valence-electron chi connectivity index (χ3n) is 10.2. The van der Waals surface area contributed by atoms with Crippen LogP contribution < -0.4 is 24.6 Å². The number of carbonyl (C=O) groups is 3. The van der Waals surface area contributed by atoms with Gasteiger partial charge in [-0.05, 0) is 99.4 Å². The Morgan fingerprint density at radius 1 is 0.774 bits per heavy atom. The summed E-state index contributed by atoms with van der Waals surface area (Å²) in [5, 5.41) is 2.44. The lowest BCUT2D eigenvalue weighted by Gasteiger charge is -2.44. The number of anilines is 2. The molecule has 4 amide bonds. The predicted octanol–water partition coefficient (Wildman–Crippen LogP) is 8.97. The summed E-state index contributed by atoms with van der Waals surface area (Å²) in [5.74, 6) is -0.338. The van der Waals surface area contributed by atoms with Gasteiger partial charge in [0.15, 0.2) is 11.5 Å². The fourth-order valence-electron chi connectivity index (χ4n) is 7.83. The second kappa shape index (κ2) is 14.8. The molecule has 0 spiro atoms. The monoisotopic (exact) mass is 767 g/mol. The molecular weight excluding hydrogens is 730 g/mol. The number of halogens is 1. The topological polar surface area (TPSA) is 88.2 Å². The number of nitrogens with zero attached hydrogens (tertiary/aromatic N) is 2. The Balaban J connectivity index is 1.20. The Morgan fingerprint density at radius 2 is 1.36 bits per heavy atom. The van der Waals surface area contributed by atoms with E-state index in [4.69, 9.17) is 9.47 Å². The fourth-order valence-corrected chi connectivity index (χ4v) is 8.41. The van der Waals surface area contributed by atoms with Crippen LogP contribution in [-0.4, -0.2) is 37.5 Å². The van der Waals surface area contributed by atoms with Gasteiger partial charge in [-0.3, -0.25) is 14.9 Å². The van der Waals surface area contributed by atoms with Crippen molar-refractivity contribution in [3.8, 4) is 11.5 Å². The zero-order chi connectivity index (χ0) is 36.5. The summed E-state index contributed by atoms with van der Waals surface area (Å²) in [6.45, 7) is 4.41. The van der Waals surface area contributed by atoms with Crippen molar-refractivity contribution in [2.75, 3.05) is 29.5 Å². The highest BCUT2D eigenvalue weighted by Gasteiger charge is 2.40. The summed E-state index contributed by atoms with van der Waals surface area (Å²) < 4.78 is 12.7. The highest BCUT2D eigenvalue weighted by atomic mass is 79.9. The SMILES string of the molecule is CCOc1cc(/C=C2\C(=O)NC(=O)N(c3cc4c5c(c3)[C@H](c3ccccc3)CCN5CC[C@@H]4c3ccccc3)C2=O)cc(Br)c1OCc1ccccc1. The number of nitrogens with one attached hydrogen (secondary N) is 1. The van der Waals surface area contributed by atoms with Crippen molar-refractivity contribution in [3.63, 3.8) is 0 Å². The van der Waals surface area contributed by atoms with Crippen LogP contribution in [0, 0.1) is 0 Å². The van der Waals surface area contributed by atoms with Gasteiger partial charge in [0.25, 0.3) is 11.8 Å². The molecule has 3 aliphatic heterocycles. The first-order valence-corrected chi connectivity index (χ1v) is 18.8. The highest BCUT2D eigenvalue weighted by molar-refractivity contribution is 9.10. The molecule has 266 valence electrons. The fraction of sp³-hybridized carbons (Fsp3) is 0.205. The molecule has 3 heterocycles. The maximum atomic E-state index is 14.4. The molecule has 1 N–H and O–H groups in total. The molecule has 5 aromatic carbocycles. The molecule has 53 heavy (non-hydrogen) atoms. The summed E-state index contributed by atoms with van der Waals surface area (Å²) in [7, 11) is 0. The van der Waals surface area contributed by atoms with Gasteiger partial charge < -0.3 is 14.4 Å². The Morgan fingerprint density at radius 3 is 1.94 bits per heavy atom. The lowest BCUT2D eigenvalue weighted by molar-refractivity contribution is -0.122. The lowest BCUT2D eigenvalue weighted by Crippen LogP contribution is -2.54. The number of barbiturate groups is 1. The number of urea groups is 1. The van der Waals surface area contributed by atoms with Gasteiger partial charge >= 0.3 is 6.03 Å². The van der Waals surface area contributed by atoms with Crippen molar-refractivity contribution in [1.82, 2.24) is 5.32 Å². The highest BCUT2D eigenvalue weighted by Crippen LogP contribution is 2.50. The van der Waals surface area contributed by atoms with Crippen molar-refractivity contribution in [1.29, 1.82) is 0 Å². The largest absolute Gasteiger partial charge is 0.490 e. The van der Waals surface area contributed by atoms with Gasteiger partial charge in [0.05, 0.1) is 16.8 Å². The standard InChI is InChI=1S/C44H38BrN3O5/c1-2-52-39-24-29(23-38(45)41(39)53-27-28-12-6-3-7-13-28)22-37-42(49)46-44(51)48(43(37)50)32-25-35-33(30-14-8-4-9-15-30)18-20-47-21-19-34(36(26-32)40(35)47)31-16-10-5-11-17-31/h3-17,22-26,33-34H,2,18-21,27H2,1H3,(H,46,49,51)/b37-22+/t33-,34+. The number of ether oxygens (including phenoxy) is 2. The molecule has 8 rings (SSSR count). The molecule has 1 fully saturated rings. The Kier molecular flexibility index (Phi) is 9.58. The van der Waals surface area contributed by atoms with Gasteiger partial charge in [-0.2, -0.15) is 0 Å². The van der Waals surface area contributed by atoms with Crippen molar-refractivity contribution in [3.05, 3.63) is 159 Å². The zero-order valence-corrected chi connectivity index (χ0v) is 30.8. The molecule has 0 unspecified atom stereocenters. The molecule has 5 aromatic rings. The van der Waals surface area contributed by atoms with Crippen LogP contribution in [0.5, 0.6) is 11.5 Å². The lowest BCUT2D eigenvalue weighted by atomic mass is 9.76. The van der Waals surface area contributed by atoms with Crippen molar-refractivity contribution < 1.29 is 23.9 Å². The molecule has 1 saturated heterocycles. The minimum Gasteiger partial charge on any atom is -0.490 e. The minimum absolute atomic E-state index is 0.0761. The van der Waals surface area contributed by atoms with Crippen LogP contribution in [-0.2, 0) is 16.2 Å². The summed E-state index contributed by atoms with van der Waals surface area (Å²) >= 11 is 3.62. The molecule has 0 aliphatic carbocycles. The van der Waals surface area contributed by atoms with Gasteiger partial charge in [-0.25, -0.2) is 9.69 Å². The van der Waals surface area contributed by atoms with Crippen molar-refractivity contribution >= 4 is 51.2 Å². The molecule has 0 bridgehead atoms. The number of hydrogen-bond acceptors (Lipinski definition) is 6. The van der Waals surface area contributed by atoms with E-state index in [1.807, 2.05) is 85.8 Å². The van der Waals surface area contributed by atoms with E-state index in [2.05, 4.69) is 50.4 Å². The van der Waals surface area contributed by atoms with Crippen LogP contribution >= 0.6 is 15.9 Å². The van der Waals surface area contributed by atoms with Gasteiger partial charge in [0.1, 0.15) is 12.2 Å². The number of amides is 4. The van der Waals surface area contributed by atoms with Crippen LogP contribution in [0.4, 0.5) is 16.2 Å². The number of imide groups is 2. The third kappa shape index (κ3) is 6.73. The number of hydrogen-bond donors (Lipinski definition) is 1. The van der Waals surface area contributed by atoms with Gasteiger partial charge in [-0.1, -0.05) is 91.0 Å². The first kappa shape index (κ1) is 34.4. The van der Waals surface area contributed by atoms with Crippen molar-refractivity contribution in [2.24, 2.45) is 0 Å². The molecule has 9 heteroatoms. The third-order valence-corrected chi connectivity index (χ3v) is 10.8. The summed E-state index contributed by atoms with van der Waals surface area (Å²) in [5.41, 5.74) is 7.51. The molecular formula is C44H38BrN3O5. The average molecular weight is 769 g/mol. The second-order valence-corrected chi connectivity index (χ2v) is 14.3. The Hall–Kier alpha value is -5.67. The van der Waals surface area contributed by atoms with Gasteiger partial charge in [0, 0.05) is 30.6 Å². The predicted molar refractivity (Wildman–Crippen MR) is 210 cm³/mol. The number of carbonyl (C=O) groups excluding carboxylic acids is 3. The Labute approximate surface area is 317 Å². The first-order chi connectivity index (χ1) is 25.9. The normalized spacial score (nSPS) is 18.8. The van der Waals surface area contributed by atoms with E-state index in [0.29, 0.717) is 40.4 Å². The van der Waals surface area contributed by atoms with Crippen molar-refractivity contribution in [2.45, 2.75) is 38.2 Å².